The zero-order valence-corrected chi connectivity index (χ0v) is 17.9. The van der Waals surface area contributed by atoms with E-state index in [-0.39, 0.29) is 5.91 Å². The maximum atomic E-state index is 12.6. The summed E-state index contributed by atoms with van der Waals surface area (Å²) >= 11 is 4.79. The molecule has 1 atom stereocenters. The van der Waals surface area contributed by atoms with Gasteiger partial charge in [0.05, 0.1) is 12.7 Å². The van der Waals surface area contributed by atoms with E-state index in [2.05, 4.69) is 26.2 Å². The van der Waals surface area contributed by atoms with Crippen molar-refractivity contribution in [2.24, 2.45) is 0 Å². The molecule has 3 aromatic rings. The highest BCUT2D eigenvalue weighted by atomic mass is 79.9. The van der Waals surface area contributed by atoms with Crippen molar-refractivity contribution in [2.45, 2.75) is 18.9 Å². The number of thiazole rings is 1. The zero-order chi connectivity index (χ0) is 20.4. The number of esters is 1. The number of carbonyl (C=O) groups excluding carboxylic acids is 2. The Morgan fingerprint density at radius 3 is 2.86 bits per heavy atom. The smallest absolute Gasteiger partial charge is 0.339 e. The number of nitrogens with zero attached hydrogens (tertiary/aromatic N) is 1. The predicted molar refractivity (Wildman–Crippen MR) is 114 cm³/mol. The Morgan fingerprint density at radius 1 is 1.31 bits per heavy atom. The van der Waals surface area contributed by atoms with Gasteiger partial charge in [-0.1, -0.05) is 28.1 Å². The number of carbonyl (C=O) groups is 2. The molecule has 0 saturated carbocycles. The van der Waals surface area contributed by atoms with Gasteiger partial charge in [0.15, 0.2) is 11.2 Å². The lowest BCUT2D eigenvalue weighted by Gasteiger charge is -2.23. The summed E-state index contributed by atoms with van der Waals surface area (Å²) < 4.78 is 11.3. The highest BCUT2D eigenvalue weighted by Gasteiger charge is 2.31. The van der Waals surface area contributed by atoms with E-state index in [0.717, 1.165) is 26.2 Å². The van der Waals surface area contributed by atoms with Crippen LogP contribution in [-0.4, -0.2) is 30.1 Å². The first-order valence-corrected chi connectivity index (χ1v) is 10.5. The fraction of sp³-hybridized carbons (Fsp3) is 0.190. The van der Waals surface area contributed by atoms with Crippen LogP contribution >= 0.6 is 27.3 Å². The average Bonchev–Trinajstić information content (AvgIpc) is 3.14. The summed E-state index contributed by atoms with van der Waals surface area (Å²) in [5, 5.41) is 3.24. The van der Waals surface area contributed by atoms with Gasteiger partial charge < -0.3 is 9.47 Å². The summed E-state index contributed by atoms with van der Waals surface area (Å²) in [5.41, 5.74) is 2.40. The second-order valence-corrected chi connectivity index (χ2v) is 8.58. The Bertz CT molecular complexity index is 1060. The maximum Gasteiger partial charge on any atom is 0.339 e. The van der Waals surface area contributed by atoms with Crippen molar-refractivity contribution in [3.63, 3.8) is 0 Å². The summed E-state index contributed by atoms with van der Waals surface area (Å²) in [6.45, 7) is 0. The number of rotatable bonds is 5. The van der Waals surface area contributed by atoms with Crippen LogP contribution < -0.4 is 10.1 Å². The molecule has 1 aliphatic heterocycles. The number of benzene rings is 2. The first-order chi connectivity index (χ1) is 14.0. The Kier molecular flexibility index (Phi) is 5.64. The zero-order valence-electron chi connectivity index (χ0n) is 15.5. The predicted octanol–water partition coefficient (Wildman–Crippen LogP) is 4.23. The van der Waals surface area contributed by atoms with Crippen LogP contribution in [0.3, 0.4) is 0 Å². The van der Waals surface area contributed by atoms with Gasteiger partial charge in [-0.25, -0.2) is 9.78 Å². The van der Waals surface area contributed by atoms with Crippen molar-refractivity contribution in [1.29, 1.82) is 0 Å². The molecule has 0 spiro atoms. The Labute approximate surface area is 180 Å². The van der Waals surface area contributed by atoms with Gasteiger partial charge in [0.25, 0.3) is 5.91 Å². The third-order valence-electron chi connectivity index (χ3n) is 4.56. The van der Waals surface area contributed by atoms with E-state index in [1.807, 2.05) is 30.3 Å². The Morgan fingerprint density at radius 2 is 2.10 bits per heavy atom. The minimum atomic E-state index is -0.877. The third kappa shape index (κ3) is 4.49. The van der Waals surface area contributed by atoms with Crippen molar-refractivity contribution >= 4 is 44.3 Å². The minimum absolute atomic E-state index is 0.330. The Hall–Kier alpha value is -2.71. The standard InChI is InChI=1S/C21H17BrN2O4S/c1-27-15-5-2-12(3-6-15)8-16-11-23-21(29-16)24-19(25)18-10-13-9-14(22)4-7-17(13)20(26)28-18/h2-7,9,11,18H,8,10H2,1H3,(H,23,24,25). The number of anilines is 1. The number of ether oxygens (including phenoxy) is 2. The summed E-state index contributed by atoms with van der Waals surface area (Å²) in [6.07, 6.45) is 1.90. The number of methoxy groups -OCH3 is 1. The van der Waals surface area contributed by atoms with E-state index in [4.69, 9.17) is 9.47 Å². The van der Waals surface area contributed by atoms with Gasteiger partial charge in [0.1, 0.15) is 5.75 Å². The van der Waals surface area contributed by atoms with Crippen LogP contribution in [0.4, 0.5) is 5.13 Å². The van der Waals surface area contributed by atoms with Crippen LogP contribution in [0, 0.1) is 0 Å². The lowest BCUT2D eigenvalue weighted by atomic mass is 9.98. The van der Waals surface area contributed by atoms with Gasteiger partial charge in [-0.3, -0.25) is 10.1 Å². The maximum absolute atomic E-state index is 12.6. The molecule has 1 aromatic heterocycles. The second kappa shape index (κ2) is 8.34. The van der Waals surface area contributed by atoms with E-state index in [1.165, 1.54) is 11.3 Å². The van der Waals surface area contributed by atoms with Crippen molar-refractivity contribution in [3.05, 3.63) is 74.7 Å². The number of hydrogen-bond acceptors (Lipinski definition) is 6. The van der Waals surface area contributed by atoms with Crippen molar-refractivity contribution in [1.82, 2.24) is 4.98 Å². The number of cyclic esters (lactones) is 1. The van der Waals surface area contributed by atoms with Crippen LogP contribution in [0.5, 0.6) is 5.75 Å². The molecule has 0 fully saturated rings. The molecule has 0 bridgehead atoms. The largest absolute Gasteiger partial charge is 0.497 e. The summed E-state index contributed by atoms with van der Waals surface area (Å²) in [4.78, 5) is 30.1. The van der Waals surface area contributed by atoms with Gasteiger partial charge in [-0.05, 0) is 41.5 Å². The normalized spacial score (nSPS) is 15.4. The molecule has 1 N–H and O–H groups in total. The molecule has 0 aliphatic carbocycles. The average molecular weight is 473 g/mol. The topological polar surface area (TPSA) is 77.5 Å². The number of aromatic nitrogens is 1. The molecule has 1 unspecified atom stereocenters. The molecule has 4 rings (SSSR count). The van der Waals surface area contributed by atoms with E-state index >= 15 is 0 Å². The number of fused-ring (bicyclic) bond motifs is 1. The van der Waals surface area contributed by atoms with Crippen LogP contribution in [0.15, 0.2) is 53.1 Å². The van der Waals surface area contributed by atoms with Gasteiger partial charge in [0, 0.05) is 28.4 Å². The minimum Gasteiger partial charge on any atom is -0.497 e. The highest BCUT2D eigenvalue weighted by Crippen LogP contribution is 2.26. The van der Waals surface area contributed by atoms with Crippen molar-refractivity contribution in [3.8, 4) is 5.75 Å². The monoisotopic (exact) mass is 472 g/mol. The van der Waals surface area contributed by atoms with E-state index in [9.17, 15) is 9.59 Å². The van der Waals surface area contributed by atoms with Gasteiger partial charge in [-0.2, -0.15) is 0 Å². The molecular formula is C21H17BrN2O4S. The second-order valence-electron chi connectivity index (χ2n) is 6.55. The first kappa shape index (κ1) is 19.6. The van der Waals surface area contributed by atoms with Gasteiger partial charge >= 0.3 is 5.97 Å². The summed E-state index contributed by atoms with van der Waals surface area (Å²) in [6, 6.07) is 13.1. The molecule has 0 radical (unpaired) electrons. The van der Waals surface area contributed by atoms with Gasteiger partial charge in [-0.15, -0.1) is 11.3 Å². The summed E-state index contributed by atoms with van der Waals surface area (Å²) in [5.74, 6) is -0.0609. The van der Waals surface area contributed by atoms with E-state index in [0.29, 0.717) is 23.5 Å². The molecule has 148 valence electrons. The number of amides is 1. The number of halogens is 1. The van der Waals surface area contributed by atoms with Gasteiger partial charge in [0.2, 0.25) is 0 Å². The molecular weight excluding hydrogens is 456 g/mol. The molecule has 0 saturated heterocycles. The van der Waals surface area contributed by atoms with Crippen molar-refractivity contribution in [2.75, 3.05) is 12.4 Å². The first-order valence-electron chi connectivity index (χ1n) is 8.90. The van der Waals surface area contributed by atoms with E-state index < -0.39 is 12.1 Å². The van der Waals surface area contributed by atoms with Crippen LogP contribution in [0.2, 0.25) is 0 Å². The number of nitrogens with one attached hydrogen (secondary N) is 1. The Balaban J connectivity index is 1.41. The fourth-order valence-electron chi connectivity index (χ4n) is 3.09. The highest BCUT2D eigenvalue weighted by molar-refractivity contribution is 9.10. The van der Waals surface area contributed by atoms with Crippen molar-refractivity contribution < 1.29 is 19.1 Å². The molecule has 1 amide bonds. The van der Waals surface area contributed by atoms with Crippen LogP contribution in [0.1, 0.15) is 26.4 Å². The van der Waals surface area contributed by atoms with Crippen LogP contribution in [0.25, 0.3) is 0 Å². The number of hydrogen-bond donors (Lipinski definition) is 1. The lowest BCUT2D eigenvalue weighted by molar-refractivity contribution is -0.125. The molecule has 6 nitrogen and oxygen atoms in total. The molecule has 1 aliphatic rings. The molecule has 29 heavy (non-hydrogen) atoms. The quantitative estimate of drug-likeness (QED) is 0.562. The molecule has 8 heteroatoms. The molecule has 2 heterocycles. The van der Waals surface area contributed by atoms with Crippen LogP contribution in [-0.2, 0) is 22.4 Å². The lowest BCUT2D eigenvalue weighted by Crippen LogP contribution is -2.37. The molecule has 2 aromatic carbocycles. The third-order valence-corrected chi connectivity index (χ3v) is 5.96. The summed E-state index contributed by atoms with van der Waals surface area (Å²) in [7, 11) is 1.63. The SMILES string of the molecule is COc1ccc(Cc2cnc(NC(=O)C3Cc4cc(Br)ccc4C(=O)O3)s2)cc1. The fourth-order valence-corrected chi connectivity index (χ4v) is 4.35. The van der Waals surface area contributed by atoms with E-state index in [1.54, 1.807) is 25.4 Å².